The molecule has 10 heteroatoms. The Morgan fingerprint density at radius 2 is 1.59 bits per heavy atom. The van der Waals surface area contributed by atoms with E-state index in [-0.39, 0.29) is 35.2 Å². The van der Waals surface area contributed by atoms with Gasteiger partial charge in [-0.05, 0) is 95.9 Å². The van der Waals surface area contributed by atoms with Gasteiger partial charge in [0.15, 0.2) is 0 Å². The highest BCUT2D eigenvalue weighted by Crippen LogP contribution is 2.40. The van der Waals surface area contributed by atoms with Gasteiger partial charge in [0.2, 0.25) is 12.0 Å². The summed E-state index contributed by atoms with van der Waals surface area (Å²) >= 11 is 12.3. The SMILES string of the molecule is CC(=O)NC(CCCCB1OC(C)(C)C(C)(C)O1)(CCCNCCc1ccc(Cl)cc1Cl)C(C)(C)C.N=C=O. The average molecular weight is 584 g/mol. The van der Waals surface area contributed by atoms with Crippen molar-refractivity contribution in [1.29, 1.82) is 5.41 Å². The van der Waals surface area contributed by atoms with E-state index in [0.29, 0.717) is 10.0 Å². The van der Waals surface area contributed by atoms with Gasteiger partial charge in [0.05, 0.1) is 11.2 Å². The molecule has 1 amide bonds. The number of amides is 1. The molecule has 3 N–H and O–H groups in total. The van der Waals surface area contributed by atoms with Gasteiger partial charge in [-0.2, -0.15) is 0 Å². The molecular weight excluding hydrogens is 536 g/mol. The van der Waals surface area contributed by atoms with Crippen LogP contribution in [-0.4, -0.2) is 48.9 Å². The number of rotatable bonds is 13. The van der Waals surface area contributed by atoms with Crippen LogP contribution in [0.2, 0.25) is 16.4 Å². The first kappa shape index (κ1) is 35.6. The van der Waals surface area contributed by atoms with E-state index in [1.807, 2.05) is 12.1 Å². The van der Waals surface area contributed by atoms with E-state index in [0.717, 1.165) is 69.6 Å². The van der Waals surface area contributed by atoms with Crippen molar-refractivity contribution in [3.63, 3.8) is 0 Å². The summed E-state index contributed by atoms with van der Waals surface area (Å²) in [6, 6.07) is 5.65. The van der Waals surface area contributed by atoms with Crippen LogP contribution in [0.25, 0.3) is 0 Å². The molecule has 0 radical (unpaired) electrons. The van der Waals surface area contributed by atoms with Crippen molar-refractivity contribution in [3.05, 3.63) is 33.8 Å². The van der Waals surface area contributed by atoms with Crippen LogP contribution in [0.4, 0.5) is 0 Å². The number of unbranched alkanes of at least 4 members (excludes halogenated alkanes) is 1. The van der Waals surface area contributed by atoms with Crippen LogP contribution in [0.1, 0.15) is 93.1 Å². The predicted molar refractivity (Wildman–Crippen MR) is 161 cm³/mol. The summed E-state index contributed by atoms with van der Waals surface area (Å²) < 4.78 is 12.3. The summed E-state index contributed by atoms with van der Waals surface area (Å²) in [5, 5.41) is 13.7. The molecule has 1 aromatic carbocycles. The quantitative estimate of drug-likeness (QED) is 0.100. The van der Waals surface area contributed by atoms with E-state index in [1.54, 1.807) is 13.0 Å². The third-order valence-electron chi connectivity index (χ3n) is 7.99. The predicted octanol–water partition coefficient (Wildman–Crippen LogP) is 6.99. The summed E-state index contributed by atoms with van der Waals surface area (Å²) in [4.78, 5) is 20.6. The molecule has 2 rings (SSSR count). The molecule has 1 aromatic rings. The minimum absolute atomic E-state index is 0.0289. The van der Waals surface area contributed by atoms with E-state index in [9.17, 15) is 4.79 Å². The lowest BCUT2D eigenvalue weighted by molar-refractivity contribution is -0.122. The smallest absolute Gasteiger partial charge is 0.403 e. The zero-order chi connectivity index (χ0) is 29.9. The highest BCUT2D eigenvalue weighted by molar-refractivity contribution is 6.45. The lowest BCUT2D eigenvalue weighted by Gasteiger charge is -2.46. The third kappa shape index (κ3) is 11.2. The molecular formula is C29H48BCl2N3O4. The second-order valence-corrected chi connectivity index (χ2v) is 13.2. The van der Waals surface area contributed by atoms with Crippen LogP contribution in [0.3, 0.4) is 0 Å². The monoisotopic (exact) mass is 583 g/mol. The number of hydrogen-bond acceptors (Lipinski definition) is 6. The van der Waals surface area contributed by atoms with E-state index < -0.39 is 0 Å². The Balaban J connectivity index is 0.00000242. The lowest BCUT2D eigenvalue weighted by Crippen LogP contribution is -2.56. The number of nitrogens with one attached hydrogen (secondary N) is 3. The molecule has 0 aromatic heterocycles. The Labute approximate surface area is 246 Å². The largest absolute Gasteiger partial charge is 0.457 e. The maximum absolute atomic E-state index is 12.3. The minimum atomic E-state index is -0.297. The standard InChI is InChI=1S/C28H47BCl2N2O3.CHNO/c1-21(34)33-28(25(2,3)4,15-9-10-17-29-35-26(5,6)27(7,8)36-29)16-11-18-32-19-14-22-12-13-23(30)20-24(22)31;2-1-3/h12-13,20,32H,9-11,14-19H2,1-8H3,(H,33,34);2H. The molecule has 1 aliphatic rings. The fourth-order valence-electron chi connectivity index (χ4n) is 4.93. The van der Waals surface area contributed by atoms with E-state index in [4.69, 9.17) is 42.7 Å². The topological polar surface area (TPSA) is 101 Å². The van der Waals surface area contributed by atoms with Crippen LogP contribution in [-0.2, 0) is 25.3 Å². The molecule has 0 aliphatic carbocycles. The van der Waals surface area contributed by atoms with Crippen LogP contribution in [0.15, 0.2) is 18.2 Å². The second kappa shape index (κ2) is 15.6. The fraction of sp³-hybridized carbons (Fsp3) is 0.724. The molecule has 1 saturated heterocycles. The average Bonchev–Trinajstić information content (AvgIpc) is 3.00. The molecule has 1 unspecified atom stereocenters. The van der Waals surface area contributed by atoms with Gasteiger partial charge in [0.1, 0.15) is 0 Å². The summed E-state index contributed by atoms with van der Waals surface area (Å²) in [6.07, 6.45) is 7.28. The van der Waals surface area contributed by atoms with Crippen LogP contribution in [0.5, 0.6) is 0 Å². The summed E-state index contributed by atoms with van der Waals surface area (Å²) in [5.74, 6) is 0.0289. The Morgan fingerprint density at radius 3 is 2.10 bits per heavy atom. The molecule has 1 fully saturated rings. The molecule has 1 heterocycles. The van der Waals surface area contributed by atoms with Crippen LogP contribution >= 0.6 is 23.2 Å². The Morgan fingerprint density at radius 1 is 1.03 bits per heavy atom. The number of carbonyl (C=O) groups is 1. The number of benzene rings is 1. The summed E-state index contributed by atoms with van der Waals surface area (Å²) in [6.45, 7) is 18.4. The van der Waals surface area contributed by atoms with Gasteiger partial charge in [0, 0.05) is 22.5 Å². The maximum Gasteiger partial charge on any atom is 0.457 e. The van der Waals surface area contributed by atoms with Gasteiger partial charge in [-0.3, -0.25) is 4.79 Å². The highest BCUT2D eigenvalue weighted by atomic mass is 35.5. The van der Waals surface area contributed by atoms with Gasteiger partial charge >= 0.3 is 7.12 Å². The Bertz CT molecular complexity index is 946. The van der Waals surface area contributed by atoms with Gasteiger partial charge < -0.3 is 19.9 Å². The number of isocyanates is 1. The van der Waals surface area contributed by atoms with E-state index in [2.05, 4.69) is 59.1 Å². The van der Waals surface area contributed by atoms with Crippen LogP contribution in [0, 0.1) is 10.8 Å². The summed E-state index contributed by atoms with van der Waals surface area (Å²) in [5.41, 5.74) is 0.164. The normalized spacial score (nSPS) is 17.5. The number of halogens is 2. The minimum Gasteiger partial charge on any atom is -0.403 e. The Kier molecular flexibility index (Phi) is 14.2. The highest BCUT2D eigenvalue weighted by Gasteiger charge is 2.50. The molecule has 1 aliphatic heterocycles. The lowest BCUT2D eigenvalue weighted by atomic mass is 9.67. The van der Waals surface area contributed by atoms with Gasteiger partial charge in [-0.1, -0.05) is 62.9 Å². The van der Waals surface area contributed by atoms with Gasteiger partial charge in [-0.15, -0.1) is 0 Å². The first-order valence-electron chi connectivity index (χ1n) is 13.8. The van der Waals surface area contributed by atoms with Crippen LogP contribution < -0.4 is 10.6 Å². The van der Waals surface area contributed by atoms with E-state index in [1.165, 1.54) is 0 Å². The van der Waals surface area contributed by atoms with E-state index >= 15 is 0 Å². The van der Waals surface area contributed by atoms with Gasteiger partial charge in [0.25, 0.3) is 0 Å². The maximum atomic E-state index is 12.3. The fourth-order valence-corrected chi connectivity index (χ4v) is 5.44. The zero-order valence-electron chi connectivity index (χ0n) is 25.1. The number of hydrogen-bond donors (Lipinski definition) is 3. The van der Waals surface area contributed by atoms with Crippen molar-refractivity contribution in [2.45, 2.75) is 117 Å². The molecule has 220 valence electrons. The van der Waals surface area contributed by atoms with Gasteiger partial charge in [-0.25, -0.2) is 10.2 Å². The molecule has 1 atom stereocenters. The second-order valence-electron chi connectivity index (χ2n) is 12.4. The third-order valence-corrected chi connectivity index (χ3v) is 8.58. The molecule has 0 spiro atoms. The zero-order valence-corrected chi connectivity index (χ0v) is 26.6. The number of carbonyl (C=O) groups excluding carboxylic acids is 2. The van der Waals surface area contributed by atoms with Crippen molar-refractivity contribution in [2.75, 3.05) is 13.1 Å². The first-order valence-corrected chi connectivity index (χ1v) is 14.6. The van der Waals surface area contributed by atoms with Crippen molar-refractivity contribution in [2.24, 2.45) is 5.41 Å². The molecule has 0 saturated carbocycles. The molecule has 7 nitrogen and oxygen atoms in total. The molecule has 39 heavy (non-hydrogen) atoms. The first-order chi connectivity index (χ1) is 18.0. The van der Waals surface area contributed by atoms with Crippen molar-refractivity contribution >= 4 is 42.3 Å². The van der Waals surface area contributed by atoms with Crippen molar-refractivity contribution < 1.29 is 18.9 Å². The van der Waals surface area contributed by atoms with Crippen molar-refractivity contribution in [3.8, 4) is 0 Å². The molecule has 0 bridgehead atoms. The Hall–Kier alpha value is -1.41. The summed E-state index contributed by atoms with van der Waals surface area (Å²) in [7, 11) is -0.168. The van der Waals surface area contributed by atoms with Crippen molar-refractivity contribution in [1.82, 2.24) is 10.6 Å².